The maximum atomic E-state index is 12.8. The fourth-order valence-corrected chi connectivity index (χ4v) is 3.06. The predicted octanol–water partition coefficient (Wildman–Crippen LogP) is 5.93. The van der Waals surface area contributed by atoms with Crippen molar-refractivity contribution in [1.29, 1.82) is 0 Å². The highest BCUT2D eigenvalue weighted by Crippen LogP contribution is 2.31. The zero-order valence-corrected chi connectivity index (χ0v) is 17.0. The molecule has 158 valence electrons. The van der Waals surface area contributed by atoms with Crippen molar-refractivity contribution in [2.45, 2.75) is 32.5 Å². The van der Waals surface area contributed by atoms with Gasteiger partial charge in [-0.1, -0.05) is 61.3 Å². The fourth-order valence-electron chi connectivity index (χ4n) is 2.83. The van der Waals surface area contributed by atoms with Crippen LogP contribution in [0, 0.1) is 5.92 Å². The summed E-state index contributed by atoms with van der Waals surface area (Å²) in [7, 11) is 0. The van der Waals surface area contributed by atoms with E-state index in [0.717, 1.165) is 12.1 Å². The molecule has 0 fully saturated rings. The van der Waals surface area contributed by atoms with Gasteiger partial charge in [-0.3, -0.25) is 4.79 Å². The molecule has 1 N–H and O–H groups in total. The number of rotatable bonds is 6. The van der Waals surface area contributed by atoms with Crippen molar-refractivity contribution < 1.29 is 22.5 Å². The summed E-state index contributed by atoms with van der Waals surface area (Å²) in [6.07, 6.45) is -3.71. The molecule has 0 aliphatic heterocycles. The van der Waals surface area contributed by atoms with Crippen LogP contribution in [0.2, 0.25) is 5.02 Å². The first-order valence-electron chi connectivity index (χ1n) is 9.27. The van der Waals surface area contributed by atoms with Crippen molar-refractivity contribution in [1.82, 2.24) is 15.5 Å². The number of hydrogen-bond donors (Lipinski definition) is 1. The van der Waals surface area contributed by atoms with Gasteiger partial charge in [-0.05, 0) is 30.2 Å². The van der Waals surface area contributed by atoms with Crippen molar-refractivity contribution in [3.8, 4) is 11.4 Å². The van der Waals surface area contributed by atoms with Crippen LogP contribution in [0.1, 0.15) is 48.1 Å². The average molecular weight is 438 g/mol. The van der Waals surface area contributed by atoms with Crippen molar-refractivity contribution in [2.24, 2.45) is 5.92 Å². The first-order chi connectivity index (χ1) is 14.2. The minimum atomic E-state index is -4.43. The summed E-state index contributed by atoms with van der Waals surface area (Å²) in [5.41, 5.74) is -0.0762. The van der Waals surface area contributed by atoms with E-state index in [1.165, 1.54) is 12.1 Å². The van der Waals surface area contributed by atoms with Gasteiger partial charge in [-0.2, -0.15) is 18.2 Å². The van der Waals surface area contributed by atoms with Gasteiger partial charge in [0.25, 0.3) is 5.91 Å². The molecule has 2 atom stereocenters. The zero-order chi connectivity index (χ0) is 21.9. The monoisotopic (exact) mass is 437 g/mol. The molecule has 0 aliphatic rings. The molecule has 1 heterocycles. The van der Waals surface area contributed by atoms with E-state index in [2.05, 4.69) is 15.5 Å². The number of hydrogen-bond acceptors (Lipinski definition) is 4. The maximum Gasteiger partial charge on any atom is 0.416 e. The van der Waals surface area contributed by atoms with Gasteiger partial charge in [0.15, 0.2) is 0 Å². The van der Waals surface area contributed by atoms with Crippen molar-refractivity contribution in [3.05, 3.63) is 70.6 Å². The van der Waals surface area contributed by atoms with E-state index in [4.69, 9.17) is 16.1 Å². The highest BCUT2D eigenvalue weighted by Gasteiger charge is 2.31. The number of alkyl halides is 3. The third-order valence-corrected chi connectivity index (χ3v) is 5.13. The normalized spacial score (nSPS) is 13.7. The SMILES string of the molecule is CCC(C)C(NC(=O)c1ccccc1Cl)c1nc(-c2ccc(C(F)(F)F)cc2)no1. The van der Waals surface area contributed by atoms with Crippen LogP contribution < -0.4 is 5.32 Å². The minimum absolute atomic E-state index is 0.0441. The Morgan fingerprint density at radius 3 is 2.43 bits per heavy atom. The number of carbonyl (C=O) groups excluding carboxylic acids is 1. The van der Waals surface area contributed by atoms with Gasteiger partial charge in [0.2, 0.25) is 11.7 Å². The predicted molar refractivity (Wildman–Crippen MR) is 106 cm³/mol. The summed E-state index contributed by atoms with van der Waals surface area (Å²) >= 11 is 6.10. The highest BCUT2D eigenvalue weighted by molar-refractivity contribution is 6.33. The highest BCUT2D eigenvalue weighted by atomic mass is 35.5. The quantitative estimate of drug-likeness (QED) is 0.519. The minimum Gasteiger partial charge on any atom is -0.340 e. The largest absolute Gasteiger partial charge is 0.416 e. The number of aromatic nitrogens is 2. The standard InChI is InChI=1S/C21H19ClF3N3O2/c1-3-12(2)17(26-19(29)15-6-4-5-7-16(15)22)20-27-18(28-30-20)13-8-10-14(11-9-13)21(23,24)25/h4-12,17H,3H2,1-2H3,(H,26,29). The van der Waals surface area contributed by atoms with E-state index < -0.39 is 17.8 Å². The summed E-state index contributed by atoms with van der Waals surface area (Å²) in [6.45, 7) is 3.87. The van der Waals surface area contributed by atoms with Gasteiger partial charge in [0.05, 0.1) is 16.1 Å². The van der Waals surface area contributed by atoms with E-state index in [9.17, 15) is 18.0 Å². The molecule has 0 saturated carbocycles. The Morgan fingerprint density at radius 1 is 1.17 bits per heavy atom. The van der Waals surface area contributed by atoms with Gasteiger partial charge >= 0.3 is 6.18 Å². The van der Waals surface area contributed by atoms with Crippen LogP contribution in [-0.2, 0) is 6.18 Å². The van der Waals surface area contributed by atoms with Gasteiger partial charge in [-0.25, -0.2) is 0 Å². The molecule has 0 spiro atoms. The lowest BCUT2D eigenvalue weighted by Gasteiger charge is -2.21. The van der Waals surface area contributed by atoms with E-state index in [1.807, 2.05) is 13.8 Å². The lowest BCUT2D eigenvalue weighted by Crippen LogP contribution is -2.33. The van der Waals surface area contributed by atoms with Crippen LogP contribution in [0.15, 0.2) is 53.1 Å². The Labute approximate surface area is 176 Å². The Bertz CT molecular complexity index is 1020. The number of nitrogens with one attached hydrogen (secondary N) is 1. The van der Waals surface area contributed by atoms with Crippen molar-refractivity contribution >= 4 is 17.5 Å². The van der Waals surface area contributed by atoms with Gasteiger partial charge in [-0.15, -0.1) is 0 Å². The van der Waals surface area contributed by atoms with Crippen LogP contribution in [0.25, 0.3) is 11.4 Å². The number of amides is 1. The lowest BCUT2D eigenvalue weighted by atomic mass is 9.98. The molecule has 30 heavy (non-hydrogen) atoms. The molecule has 0 bridgehead atoms. The molecular formula is C21H19ClF3N3O2. The lowest BCUT2D eigenvalue weighted by molar-refractivity contribution is -0.137. The molecule has 9 heteroatoms. The van der Waals surface area contributed by atoms with Crippen molar-refractivity contribution in [2.75, 3.05) is 0 Å². The van der Waals surface area contributed by atoms with Crippen LogP contribution in [-0.4, -0.2) is 16.0 Å². The Kier molecular flexibility index (Phi) is 6.45. The topological polar surface area (TPSA) is 68.0 Å². The molecule has 0 saturated heterocycles. The maximum absolute atomic E-state index is 12.8. The number of benzene rings is 2. The summed E-state index contributed by atoms with van der Waals surface area (Å²) < 4.78 is 43.6. The molecule has 5 nitrogen and oxygen atoms in total. The average Bonchev–Trinajstić information content (AvgIpc) is 3.21. The summed E-state index contributed by atoms with van der Waals surface area (Å²) in [5, 5.41) is 7.05. The van der Waals surface area contributed by atoms with Crippen LogP contribution in [0.4, 0.5) is 13.2 Å². The molecule has 2 aromatic carbocycles. The van der Waals surface area contributed by atoms with Crippen LogP contribution in [0.5, 0.6) is 0 Å². The molecule has 0 aliphatic carbocycles. The molecular weight excluding hydrogens is 419 g/mol. The third kappa shape index (κ3) is 4.81. The molecule has 1 amide bonds. The van der Waals surface area contributed by atoms with E-state index in [-0.39, 0.29) is 23.5 Å². The van der Waals surface area contributed by atoms with E-state index >= 15 is 0 Å². The van der Waals surface area contributed by atoms with Gasteiger partial charge in [0.1, 0.15) is 6.04 Å². The second kappa shape index (κ2) is 8.87. The van der Waals surface area contributed by atoms with Crippen LogP contribution in [0.3, 0.4) is 0 Å². The van der Waals surface area contributed by atoms with E-state index in [0.29, 0.717) is 22.6 Å². The van der Waals surface area contributed by atoms with Crippen LogP contribution >= 0.6 is 11.6 Å². The Hall–Kier alpha value is -2.87. The fraction of sp³-hybridized carbons (Fsp3) is 0.286. The molecule has 1 aromatic heterocycles. The first-order valence-corrected chi connectivity index (χ1v) is 9.65. The van der Waals surface area contributed by atoms with Crippen molar-refractivity contribution in [3.63, 3.8) is 0 Å². The molecule has 3 aromatic rings. The second-order valence-electron chi connectivity index (χ2n) is 6.85. The Morgan fingerprint density at radius 2 is 1.83 bits per heavy atom. The number of halogens is 4. The Balaban J connectivity index is 1.85. The number of nitrogens with zero attached hydrogens (tertiary/aromatic N) is 2. The number of carbonyl (C=O) groups is 1. The summed E-state index contributed by atoms with van der Waals surface area (Å²) in [4.78, 5) is 17.0. The van der Waals surface area contributed by atoms with Gasteiger partial charge in [0, 0.05) is 5.56 Å². The first kappa shape index (κ1) is 21.8. The summed E-state index contributed by atoms with van der Waals surface area (Å²) in [5.74, 6) is -0.129. The smallest absolute Gasteiger partial charge is 0.340 e. The second-order valence-corrected chi connectivity index (χ2v) is 7.26. The third-order valence-electron chi connectivity index (χ3n) is 4.80. The summed E-state index contributed by atoms with van der Waals surface area (Å²) in [6, 6.07) is 10.5. The zero-order valence-electron chi connectivity index (χ0n) is 16.2. The van der Waals surface area contributed by atoms with Gasteiger partial charge < -0.3 is 9.84 Å². The van der Waals surface area contributed by atoms with E-state index in [1.54, 1.807) is 24.3 Å². The molecule has 0 radical (unpaired) electrons. The molecule has 3 rings (SSSR count). The molecule has 2 unspecified atom stereocenters.